The van der Waals surface area contributed by atoms with E-state index in [2.05, 4.69) is 0 Å². The lowest BCUT2D eigenvalue weighted by molar-refractivity contribution is 0.0734. The summed E-state index contributed by atoms with van der Waals surface area (Å²) in [5.74, 6) is -0.991. The van der Waals surface area contributed by atoms with Crippen molar-refractivity contribution < 1.29 is 15.0 Å². The molecule has 0 unspecified atom stereocenters. The second-order valence-corrected chi connectivity index (χ2v) is 7.46. The fourth-order valence-electron chi connectivity index (χ4n) is 3.52. The van der Waals surface area contributed by atoms with Crippen molar-refractivity contribution in [1.29, 1.82) is 0 Å². The predicted octanol–water partition coefficient (Wildman–Crippen LogP) is 5.27. The summed E-state index contributed by atoms with van der Waals surface area (Å²) in [4.78, 5) is 14.8. The molecule has 1 aliphatic heterocycles. The molecule has 1 aliphatic rings. The Morgan fingerprint density at radius 3 is 2.21 bits per heavy atom. The monoisotopic (exact) mass is 413 g/mol. The molecule has 1 heterocycles. The largest absolute Gasteiger partial charge is 0.503 e. The number of nitrogens with zero attached hydrogens (tertiary/aromatic N) is 1. The lowest BCUT2D eigenvalue weighted by atomic mass is 9.97. The van der Waals surface area contributed by atoms with Gasteiger partial charge in [0.1, 0.15) is 0 Å². The number of carbonyl (C=O) groups excluding carboxylic acids is 1. The number of benzene rings is 3. The van der Waals surface area contributed by atoms with Crippen LogP contribution in [0.15, 0.2) is 54.6 Å². The minimum Gasteiger partial charge on any atom is -0.503 e. The Bertz CT molecular complexity index is 1070. The Morgan fingerprint density at radius 2 is 1.50 bits per heavy atom. The molecule has 6 heteroatoms. The van der Waals surface area contributed by atoms with Gasteiger partial charge in [0.15, 0.2) is 11.5 Å². The van der Waals surface area contributed by atoms with Crippen LogP contribution in [0.1, 0.15) is 21.5 Å². The zero-order valence-electron chi connectivity index (χ0n) is 14.8. The minimum absolute atomic E-state index is 0.0347. The number of carbonyl (C=O) groups is 1. The van der Waals surface area contributed by atoms with Gasteiger partial charge in [0, 0.05) is 18.7 Å². The second kappa shape index (κ2) is 7.38. The first-order valence-corrected chi connectivity index (χ1v) is 9.58. The van der Waals surface area contributed by atoms with Gasteiger partial charge in [-0.3, -0.25) is 4.79 Å². The highest BCUT2D eigenvalue weighted by Gasteiger charge is 2.29. The molecule has 142 valence electrons. The van der Waals surface area contributed by atoms with Crippen molar-refractivity contribution in [3.05, 3.63) is 81.3 Å². The van der Waals surface area contributed by atoms with Crippen LogP contribution in [-0.4, -0.2) is 27.6 Å². The maximum absolute atomic E-state index is 13.1. The molecule has 1 amide bonds. The van der Waals surface area contributed by atoms with Crippen molar-refractivity contribution >= 4 is 29.1 Å². The highest BCUT2D eigenvalue weighted by Crippen LogP contribution is 2.46. The first-order chi connectivity index (χ1) is 13.5. The topological polar surface area (TPSA) is 60.8 Å². The van der Waals surface area contributed by atoms with E-state index in [4.69, 9.17) is 23.2 Å². The van der Waals surface area contributed by atoms with Gasteiger partial charge < -0.3 is 15.1 Å². The van der Waals surface area contributed by atoms with E-state index >= 15 is 0 Å². The van der Waals surface area contributed by atoms with Crippen LogP contribution in [0.5, 0.6) is 11.5 Å². The van der Waals surface area contributed by atoms with Crippen molar-refractivity contribution in [3.63, 3.8) is 0 Å². The maximum Gasteiger partial charge on any atom is 0.254 e. The first-order valence-electron chi connectivity index (χ1n) is 8.82. The number of hydrogen-bond acceptors (Lipinski definition) is 3. The van der Waals surface area contributed by atoms with E-state index in [0.717, 1.165) is 11.1 Å². The molecule has 3 aromatic carbocycles. The quantitative estimate of drug-likeness (QED) is 0.562. The van der Waals surface area contributed by atoms with E-state index in [1.807, 2.05) is 48.5 Å². The fourth-order valence-corrected chi connectivity index (χ4v) is 4.08. The van der Waals surface area contributed by atoms with Gasteiger partial charge in [-0.15, -0.1) is 0 Å². The zero-order valence-corrected chi connectivity index (χ0v) is 16.3. The first kappa shape index (κ1) is 18.7. The van der Waals surface area contributed by atoms with Crippen LogP contribution in [0.3, 0.4) is 0 Å². The zero-order chi connectivity index (χ0) is 19.8. The molecule has 0 aromatic heterocycles. The van der Waals surface area contributed by atoms with Gasteiger partial charge in [-0.1, -0.05) is 65.7 Å². The van der Waals surface area contributed by atoms with E-state index in [0.29, 0.717) is 29.7 Å². The molecular weight excluding hydrogens is 397 g/mol. The number of halogens is 2. The van der Waals surface area contributed by atoms with Gasteiger partial charge in [-0.25, -0.2) is 0 Å². The molecule has 0 spiro atoms. The number of aromatic hydroxyl groups is 2. The molecular formula is C22H17Cl2NO3. The maximum atomic E-state index is 13.1. The molecule has 0 saturated heterocycles. The Balaban J connectivity index is 1.65. The smallest absolute Gasteiger partial charge is 0.254 e. The summed E-state index contributed by atoms with van der Waals surface area (Å²) in [5.41, 5.74) is 3.82. The van der Waals surface area contributed by atoms with Crippen molar-refractivity contribution in [2.24, 2.45) is 0 Å². The van der Waals surface area contributed by atoms with Crippen LogP contribution in [0.25, 0.3) is 11.1 Å². The Hall–Kier alpha value is -2.69. The van der Waals surface area contributed by atoms with Crippen molar-refractivity contribution in [2.45, 2.75) is 13.0 Å². The second-order valence-electron chi connectivity index (χ2n) is 6.71. The molecule has 0 aliphatic carbocycles. The molecule has 0 atom stereocenters. The number of fused-ring (bicyclic) bond motifs is 1. The molecule has 0 radical (unpaired) electrons. The van der Waals surface area contributed by atoms with Gasteiger partial charge in [0.05, 0.1) is 10.0 Å². The van der Waals surface area contributed by atoms with E-state index in [1.54, 1.807) is 11.0 Å². The normalized spacial score (nSPS) is 13.3. The van der Waals surface area contributed by atoms with Crippen LogP contribution in [0.2, 0.25) is 10.0 Å². The van der Waals surface area contributed by atoms with Gasteiger partial charge >= 0.3 is 0 Å². The van der Waals surface area contributed by atoms with E-state index in [-0.39, 0.29) is 22.5 Å². The van der Waals surface area contributed by atoms with Crippen molar-refractivity contribution in [2.75, 3.05) is 6.54 Å². The summed E-state index contributed by atoms with van der Waals surface area (Å²) in [6.45, 7) is 0.664. The number of phenols is 2. The van der Waals surface area contributed by atoms with E-state index < -0.39 is 11.5 Å². The summed E-state index contributed by atoms with van der Waals surface area (Å²) in [5, 5.41) is 20.0. The summed E-state index contributed by atoms with van der Waals surface area (Å²) in [6, 6.07) is 17.3. The standard InChI is InChI=1S/C22H17Cl2NO3/c23-18-16-9-10-25(12-17(16)19(24)21(27)20(18)26)22(28)15-8-4-7-14(11-15)13-5-2-1-3-6-13/h1-8,11,26-27H,9-10,12H2. The van der Waals surface area contributed by atoms with Crippen LogP contribution < -0.4 is 0 Å². The van der Waals surface area contributed by atoms with Crippen LogP contribution in [-0.2, 0) is 13.0 Å². The molecule has 0 fully saturated rings. The lowest BCUT2D eigenvalue weighted by Gasteiger charge is -2.30. The van der Waals surface area contributed by atoms with Crippen molar-refractivity contribution in [3.8, 4) is 22.6 Å². The van der Waals surface area contributed by atoms with Gasteiger partial charge in [-0.2, -0.15) is 0 Å². The third kappa shape index (κ3) is 3.19. The highest BCUT2D eigenvalue weighted by molar-refractivity contribution is 6.36. The van der Waals surface area contributed by atoms with Crippen molar-refractivity contribution in [1.82, 2.24) is 4.90 Å². The molecule has 4 rings (SSSR count). The predicted molar refractivity (Wildman–Crippen MR) is 110 cm³/mol. The number of rotatable bonds is 2. The average Bonchev–Trinajstić information content (AvgIpc) is 2.76. The highest BCUT2D eigenvalue weighted by atomic mass is 35.5. The summed E-state index contributed by atoms with van der Waals surface area (Å²) >= 11 is 12.4. The van der Waals surface area contributed by atoms with Gasteiger partial charge in [0.2, 0.25) is 0 Å². The lowest BCUT2D eigenvalue weighted by Crippen LogP contribution is -2.36. The van der Waals surface area contributed by atoms with Crippen LogP contribution in [0, 0.1) is 0 Å². The van der Waals surface area contributed by atoms with Gasteiger partial charge in [-0.05, 0) is 40.8 Å². The number of phenolic OH excluding ortho intramolecular Hbond substituents is 2. The average molecular weight is 414 g/mol. The molecule has 0 bridgehead atoms. The number of hydrogen-bond donors (Lipinski definition) is 2. The summed E-state index contributed by atoms with van der Waals surface area (Å²) in [7, 11) is 0. The summed E-state index contributed by atoms with van der Waals surface area (Å²) in [6.07, 6.45) is 0.450. The van der Waals surface area contributed by atoms with Crippen LogP contribution >= 0.6 is 23.2 Å². The number of amides is 1. The third-order valence-electron chi connectivity index (χ3n) is 5.02. The molecule has 0 saturated carbocycles. The fraction of sp³-hybridized carbons (Fsp3) is 0.136. The Labute approximate surface area is 172 Å². The molecule has 2 N–H and O–H groups in total. The van der Waals surface area contributed by atoms with Crippen LogP contribution in [0.4, 0.5) is 0 Å². The van der Waals surface area contributed by atoms with Gasteiger partial charge in [0.25, 0.3) is 5.91 Å². The molecule has 28 heavy (non-hydrogen) atoms. The Kier molecular flexibility index (Phi) is 4.92. The van der Waals surface area contributed by atoms with E-state index in [1.165, 1.54) is 0 Å². The molecule has 3 aromatic rings. The Morgan fingerprint density at radius 1 is 0.857 bits per heavy atom. The third-order valence-corrected chi connectivity index (χ3v) is 5.83. The summed E-state index contributed by atoms with van der Waals surface area (Å²) < 4.78 is 0. The SMILES string of the molecule is O=C(c1cccc(-c2ccccc2)c1)N1CCc2c(Cl)c(O)c(O)c(Cl)c2C1. The van der Waals surface area contributed by atoms with E-state index in [9.17, 15) is 15.0 Å². The molecule has 4 nitrogen and oxygen atoms in total. The minimum atomic E-state index is -0.453.